The van der Waals surface area contributed by atoms with Crippen LogP contribution in [0.25, 0.3) is 10.9 Å². The number of aliphatic hydroxyl groups is 1. The molecule has 2 aliphatic rings. The number of H-pyrrole nitrogens is 1. The molecule has 1 aromatic heterocycles. The van der Waals surface area contributed by atoms with Crippen molar-refractivity contribution in [2.75, 3.05) is 11.4 Å². The number of nitrogens with one attached hydrogen (secondary N) is 1. The smallest absolute Gasteiger partial charge is 0.332 e. The molecule has 0 unspecified atom stereocenters. The quantitative estimate of drug-likeness (QED) is 0.747. The SMILES string of the molecule is O=C1[C@@H]2[C@H](O)CCN2C(=O)N1c1ccc2[nH]c(=O)ccc2c1. The van der Waals surface area contributed by atoms with E-state index in [1.165, 1.54) is 11.0 Å². The Kier molecular flexibility index (Phi) is 2.61. The first-order valence-corrected chi connectivity index (χ1v) is 7.02. The summed E-state index contributed by atoms with van der Waals surface area (Å²) in [6.07, 6.45) is -0.382. The Hall–Kier alpha value is -2.67. The second-order valence-corrected chi connectivity index (χ2v) is 5.54. The summed E-state index contributed by atoms with van der Waals surface area (Å²) in [5.41, 5.74) is 0.865. The Morgan fingerprint density at radius 3 is 2.73 bits per heavy atom. The Labute approximate surface area is 124 Å². The van der Waals surface area contributed by atoms with Gasteiger partial charge in [0.1, 0.15) is 6.04 Å². The van der Waals surface area contributed by atoms with Crippen LogP contribution in [0.15, 0.2) is 35.1 Å². The highest BCUT2D eigenvalue weighted by Crippen LogP contribution is 2.32. The molecule has 2 fully saturated rings. The lowest BCUT2D eigenvalue weighted by molar-refractivity contribution is -0.121. The molecule has 2 atom stereocenters. The number of hydrogen-bond acceptors (Lipinski definition) is 4. The standard InChI is InChI=1S/C15H13N3O4/c19-11-5-6-17-13(11)14(21)18(15(17)22)9-2-3-10-8(7-9)1-4-12(20)16-10/h1-4,7,11,13,19H,5-6H2,(H,16,20)/t11-,13+/m1/s1. The van der Waals surface area contributed by atoms with Crippen LogP contribution in [-0.2, 0) is 4.79 Å². The first kappa shape index (κ1) is 13.0. The van der Waals surface area contributed by atoms with Gasteiger partial charge in [0.2, 0.25) is 5.56 Å². The molecular formula is C15H13N3O4. The van der Waals surface area contributed by atoms with Gasteiger partial charge in [-0.3, -0.25) is 9.59 Å². The van der Waals surface area contributed by atoms with E-state index in [9.17, 15) is 19.5 Å². The first-order chi connectivity index (χ1) is 10.6. The highest BCUT2D eigenvalue weighted by atomic mass is 16.3. The Morgan fingerprint density at radius 2 is 1.95 bits per heavy atom. The van der Waals surface area contributed by atoms with Gasteiger partial charge in [0, 0.05) is 23.5 Å². The maximum atomic E-state index is 12.4. The number of rotatable bonds is 1. The Bertz CT molecular complexity index is 859. The van der Waals surface area contributed by atoms with Gasteiger partial charge in [-0.1, -0.05) is 0 Å². The van der Waals surface area contributed by atoms with Crippen LogP contribution in [0.5, 0.6) is 0 Å². The van der Waals surface area contributed by atoms with E-state index >= 15 is 0 Å². The summed E-state index contributed by atoms with van der Waals surface area (Å²) in [6, 6.07) is 6.79. The number of anilines is 1. The van der Waals surface area contributed by atoms with Crippen LogP contribution in [0, 0.1) is 0 Å². The first-order valence-electron chi connectivity index (χ1n) is 7.02. The number of amides is 3. The average Bonchev–Trinajstić information content (AvgIpc) is 2.99. The van der Waals surface area contributed by atoms with Crippen molar-refractivity contribution in [3.63, 3.8) is 0 Å². The average molecular weight is 299 g/mol. The number of benzene rings is 1. The van der Waals surface area contributed by atoms with Crippen molar-refractivity contribution in [2.24, 2.45) is 0 Å². The van der Waals surface area contributed by atoms with Crippen molar-refractivity contribution in [1.29, 1.82) is 0 Å². The molecule has 0 bridgehead atoms. The number of urea groups is 1. The monoisotopic (exact) mass is 299 g/mol. The number of aliphatic hydroxyl groups excluding tert-OH is 1. The molecule has 22 heavy (non-hydrogen) atoms. The number of imide groups is 1. The second kappa shape index (κ2) is 4.41. The van der Waals surface area contributed by atoms with Gasteiger partial charge < -0.3 is 15.0 Å². The highest BCUT2D eigenvalue weighted by molar-refractivity contribution is 6.22. The number of carbonyl (C=O) groups is 2. The molecule has 0 aliphatic carbocycles. The summed E-state index contributed by atoms with van der Waals surface area (Å²) in [4.78, 5) is 41.3. The van der Waals surface area contributed by atoms with Gasteiger partial charge in [0.15, 0.2) is 0 Å². The van der Waals surface area contributed by atoms with Crippen molar-refractivity contribution in [1.82, 2.24) is 9.88 Å². The van der Waals surface area contributed by atoms with E-state index in [1.54, 1.807) is 24.3 Å². The number of fused-ring (bicyclic) bond motifs is 2. The van der Waals surface area contributed by atoms with E-state index in [0.29, 0.717) is 24.2 Å². The molecule has 7 nitrogen and oxygen atoms in total. The van der Waals surface area contributed by atoms with Crippen LogP contribution in [0.1, 0.15) is 6.42 Å². The van der Waals surface area contributed by atoms with Crippen LogP contribution >= 0.6 is 0 Å². The molecule has 1 aromatic carbocycles. The lowest BCUT2D eigenvalue weighted by Crippen LogP contribution is -2.36. The molecule has 2 saturated heterocycles. The third kappa shape index (κ3) is 1.69. The fourth-order valence-corrected chi connectivity index (χ4v) is 3.16. The molecule has 3 heterocycles. The van der Waals surface area contributed by atoms with Crippen LogP contribution in [-0.4, -0.2) is 45.6 Å². The Balaban J connectivity index is 1.79. The molecule has 2 N–H and O–H groups in total. The van der Waals surface area contributed by atoms with Crippen molar-refractivity contribution in [3.8, 4) is 0 Å². The van der Waals surface area contributed by atoms with E-state index in [4.69, 9.17) is 0 Å². The number of hydrogen-bond donors (Lipinski definition) is 2. The van der Waals surface area contributed by atoms with Crippen LogP contribution in [0.3, 0.4) is 0 Å². The van der Waals surface area contributed by atoms with Gasteiger partial charge in [-0.15, -0.1) is 0 Å². The summed E-state index contributed by atoms with van der Waals surface area (Å²) in [5, 5.41) is 10.6. The van der Waals surface area contributed by atoms with Gasteiger partial charge in [0.25, 0.3) is 5.91 Å². The molecule has 3 amide bonds. The van der Waals surface area contributed by atoms with E-state index in [-0.39, 0.29) is 5.56 Å². The molecular weight excluding hydrogens is 286 g/mol. The number of carbonyl (C=O) groups excluding carboxylic acids is 2. The normalized spacial score (nSPS) is 24.4. The van der Waals surface area contributed by atoms with Gasteiger partial charge >= 0.3 is 6.03 Å². The lowest BCUT2D eigenvalue weighted by Gasteiger charge is -2.16. The number of aromatic nitrogens is 1. The minimum Gasteiger partial charge on any atom is -0.390 e. The zero-order valence-corrected chi connectivity index (χ0v) is 11.5. The summed E-state index contributed by atoms with van der Waals surface area (Å²) < 4.78 is 0. The molecule has 0 saturated carbocycles. The molecule has 0 radical (unpaired) electrons. The van der Waals surface area contributed by atoms with Crippen LogP contribution in [0.2, 0.25) is 0 Å². The minimum atomic E-state index is -0.807. The van der Waals surface area contributed by atoms with Crippen molar-refractivity contribution in [3.05, 3.63) is 40.7 Å². The van der Waals surface area contributed by atoms with Crippen molar-refractivity contribution < 1.29 is 14.7 Å². The zero-order valence-electron chi connectivity index (χ0n) is 11.5. The highest BCUT2D eigenvalue weighted by Gasteiger charge is 2.52. The summed E-state index contributed by atoms with van der Waals surface area (Å²) in [6.45, 7) is 0.383. The molecule has 7 heteroatoms. The van der Waals surface area contributed by atoms with Crippen molar-refractivity contribution in [2.45, 2.75) is 18.6 Å². The fraction of sp³-hybridized carbons (Fsp3) is 0.267. The Morgan fingerprint density at radius 1 is 1.14 bits per heavy atom. The van der Waals surface area contributed by atoms with E-state index in [2.05, 4.69) is 4.98 Å². The van der Waals surface area contributed by atoms with Gasteiger partial charge in [0.05, 0.1) is 11.8 Å². The van der Waals surface area contributed by atoms with Gasteiger partial charge in [-0.05, 0) is 30.7 Å². The van der Waals surface area contributed by atoms with Crippen molar-refractivity contribution >= 4 is 28.5 Å². The minimum absolute atomic E-state index is 0.211. The van der Waals surface area contributed by atoms with Gasteiger partial charge in [-0.25, -0.2) is 9.69 Å². The van der Waals surface area contributed by atoms with E-state index in [1.807, 2.05) is 0 Å². The van der Waals surface area contributed by atoms with Crippen LogP contribution < -0.4 is 10.5 Å². The molecule has 112 valence electrons. The molecule has 0 spiro atoms. The molecule has 2 aromatic rings. The van der Waals surface area contributed by atoms with Crippen LogP contribution in [0.4, 0.5) is 10.5 Å². The number of aromatic amines is 1. The largest absolute Gasteiger partial charge is 0.390 e. The number of nitrogens with zero attached hydrogens (tertiary/aromatic N) is 2. The maximum absolute atomic E-state index is 12.4. The fourth-order valence-electron chi connectivity index (χ4n) is 3.16. The summed E-state index contributed by atoms with van der Waals surface area (Å²) in [7, 11) is 0. The molecule has 4 rings (SSSR count). The van der Waals surface area contributed by atoms with E-state index < -0.39 is 24.1 Å². The lowest BCUT2D eigenvalue weighted by atomic mass is 10.1. The topological polar surface area (TPSA) is 93.7 Å². The second-order valence-electron chi connectivity index (χ2n) is 5.54. The summed E-state index contributed by atoms with van der Waals surface area (Å²) in [5.74, 6) is -0.404. The maximum Gasteiger partial charge on any atom is 0.332 e. The predicted molar refractivity (Wildman–Crippen MR) is 78.6 cm³/mol. The van der Waals surface area contributed by atoms with E-state index in [0.717, 1.165) is 10.3 Å². The zero-order chi connectivity index (χ0) is 15.4. The van der Waals surface area contributed by atoms with Gasteiger partial charge in [-0.2, -0.15) is 0 Å². The number of pyridine rings is 1. The summed E-state index contributed by atoms with van der Waals surface area (Å²) >= 11 is 0. The third-order valence-electron chi connectivity index (χ3n) is 4.24. The predicted octanol–water partition coefficient (Wildman–Crippen LogP) is 0.430. The third-order valence-corrected chi connectivity index (χ3v) is 4.24. The molecule has 2 aliphatic heterocycles.